The van der Waals surface area contributed by atoms with Crippen molar-refractivity contribution in [1.82, 2.24) is 10.2 Å². The molecule has 148 valence electrons. The number of benzene rings is 2. The lowest BCUT2D eigenvalue weighted by molar-refractivity contribution is 0.0600. The summed E-state index contributed by atoms with van der Waals surface area (Å²) in [5, 5.41) is 14.0. The van der Waals surface area contributed by atoms with E-state index in [4.69, 9.17) is 0 Å². The maximum absolute atomic E-state index is 12.4. The summed E-state index contributed by atoms with van der Waals surface area (Å²) in [7, 11) is 1.30. The van der Waals surface area contributed by atoms with Gasteiger partial charge in [0.15, 0.2) is 11.5 Å². The largest absolute Gasteiger partial charge is 0.465 e. The van der Waals surface area contributed by atoms with Gasteiger partial charge in [0.25, 0.3) is 5.91 Å². The molecule has 29 heavy (non-hydrogen) atoms. The highest BCUT2D eigenvalue weighted by Crippen LogP contribution is 2.26. The highest BCUT2D eigenvalue weighted by Gasteiger charge is 2.12. The zero-order chi connectivity index (χ0) is 20.8. The first-order valence-corrected chi connectivity index (χ1v) is 9.17. The number of para-hydroxylation sites is 1. The van der Waals surface area contributed by atoms with E-state index in [9.17, 15) is 9.59 Å². The van der Waals surface area contributed by atoms with E-state index in [0.717, 1.165) is 5.69 Å². The molecule has 0 saturated carbocycles. The van der Waals surface area contributed by atoms with Crippen LogP contribution in [0.1, 0.15) is 46.2 Å². The molecule has 0 unspecified atom stereocenters. The van der Waals surface area contributed by atoms with Gasteiger partial charge in [0.2, 0.25) is 0 Å². The van der Waals surface area contributed by atoms with Crippen molar-refractivity contribution in [3.8, 4) is 0 Å². The Kier molecular flexibility index (Phi) is 6.19. The maximum atomic E-state index is 12.4. The fourth-order valence-corrected chi connectivity index (χ4v) is 2.81. The first-order valence-electron chi connectivity index (χ1n) is 9.17. The van der Waals surface area contributed by atoms with Crippen LogP contribution < -0.4 is 10.6 Å². The quantitative estimate of drug-likeness (QED) is 0.607. The van der Waals surface area contributed by atoms with Crippen LogP contribution in [0.2, 0.25) is 0 Å². The molecule has 0 bridgehead atoms. The lowest BCUT2D eigenvalue weighted by Gasteiger charge is -2.13. The minimum absolute atomic E-state index is 0.163. The Morgan fingerprint density at radius 3 is 2.45 bits per heavy atom. The third kappa shape index (κ3) is 4.95. The van der Waals surface area contributed by atoms with Gasteiger partial charge >= 0.3 is 5.97 Å². The number of carbonyl (C=O) groups is 2. The number of ether oxygens (including phenoxy) is 1. The van der Waals surface area contributed by atoms with E-state index >= 15 is 0 Å². The van der Waals surface area contributed by atoms with Crippen molar-refractivity contribution in [2.24, 2.45) is 0 Å². The number of carbonyl (C=O) groups excluding carboxylic acids is 2. The minimum Gasteiger partial charge on any atom is -0.465 e. The van der Waals surface area contributed by atoms with Crippen molar-refractivity contribution in [3.05, 3.63) is 77.5 Å². The minimum atomic E-state index is -0.474. The van der Waals surface area contributed by atoms with Gasteiger partial charge < -0.3 is 15.4 Å². The van der Waals surface area contributed by atoms with Gasteiger partial charge in [0, 0.05) is 11.4 Å². The Hall–Kier alpha value is -3.74. The van der Waals surface area contributed by atoms with Gasteiger partial charge in [0.1, 0.15) is 0 Å². The molecule has 1 aromatic heterocycles. The molecule has 0 aliphatic heterocycles. The number of hydrogen-bond donors (Lipinski definition) is 2. The average Bonchev–Trinajstić information content (AvgIpc) is 2.74. The van der Waals surface area contributed by atoms with Gasteiger partial charge in [0.05, 0.1) is 12.7 Å². The van der Waals surface area contributed by atoms with Crippen molar-refractivity contribution < 1.29 is 14.3 Å². The Bertz CT molecular complexity index is 1020. The zero-order valence-electron chi connectivity index (χ0n) is 16.5. The maximum Gasteiger partial charge on any atom is 0.337 e. The number of amides is 1. The highest BCUT2D eigenvalue weighted by molar-refractivity contribution is 6.03. The van der Waals surface area contributed by atoms with Crippen molar-refractivity contribution in [1.29, 1.82) is 0 Å². The number of methoxy groups -OCH3 is 1. The summed E-state index contributed by atoms with van der Waals surface area (Å²) >= 11 is 0. The van der Waals surface area contributed by atoms with Crippen LogP contribution in [0.15, 0.2) is 60.7 Å². The van der Waals surface area contributed by atoms with Crippen LogP contribution in [0.5, 0.6) is 0 Å². The van der Waals surface area contributed by atoms with E-state index in [-0.39, 0.29) is 5.69 Å². The SMILES string of the molecule is COC(=O)c1cccc(NC(=O)c2ccc(Nc3ccccc3C(C)C)nn2)c1. The molecule has 0 radical (unpaired) electrons. The molecular formula is C22H22N4O3. The molecule has 0 atom stereocenters. The lowest BCUT2D eigenvalue weighted by atomic mass is 10.0. The summed E-state index contributed by atoms with van der Waals surface area (Å²) in [5.74, 6) is 0.00597. The van der Waals surface area contributed by atoms with Gasteiger partial charge in [-0.15, -0.1) is 10.2 Å². The van der Waals surface area contributed by atoms with Crippen LogP contribution in [0.25, 0.3) is 0 Å². The molecule has 0 spiro atoms. The summed E-state index contributed by atoms with van der Waals surface area (Å²) < 4.78 is 4.68. The first kappa shape index (κ1) is 20.0. The third-order valence-corrected chi connectivity index (χ3v) is 4.28. The van der Waals surface area contributed by atoms with E-state index < -0.39 is 11.9 Å². The Balaban J connectivity index is 1.70. The molecule has 1 heterocycles. The molecule has 0 aliphatic carbocycles. The summed E-state index contributed by atoms with van der Waals surface area (Å²) in [6, 6.07) is 17.8. The molecular weight excluding hydrogens is 368 g/mol. The van der Waals surface area contributed by atoms with Gasteiger partial charge in [-0.3, -0.25) is 4.79 Å². The van der Waals surface area contributed by atoms with Crippen LogP contribution in [0, 0.1) is 0 Å². The fraction of sp³-hybridized carbons (Fsp3) is 0.182. The molecule has 3 rings (SSSR count). The number of nitrogens with one attached hydrogen (secondary N) is 2. The molecule has 7 nitrogen and oxygen atoms in total. The summed E-state index contributed by atoms with van der Waals surface area (Å²) in [6.45, 7) is 4.24. The molecule has 0 aliphatic rings. The normalized spacial score (nSPS) is 10.5. The summed E-state index contributed by atoms with van der Waals surface area (Å²) in [6.07, 6.45) is 0. The number of rotatable bonds is 6. The molecule has 0 fully saturated rings. The average molecular weight is 390 g/mol. The molecule has 2 N–H and O–H groups in total. The lowest BCUT2D eigenvalue weighted by Crippen LogP contribution is -2.15. The Morgan fingerprint density at radius 2 is 1.76 bits per heavy atom. The van der Waals surface area contributed by atoms with E-state index in [1.807, 2.05) is 18.2 Å². The summed E-state index contributed by atoms with van der Waals surface area (Å²) in [4.78, 5) is 24.0. The second-order valence-electron chi connectivity index (χ2n) is 6.70. The number of aromatic nitrogens is 2. The molecule has 3 aromatic rings. The highest BCUT2D eigenvalue weighted by atomic mass is 16.5. The smallest absolute Gasteiger partial charge is 0.337 e. The molecule has 7 heteroatoms. The second-order valence-corrected chi connectivity index (χ2v) is 6.70. The van der Waals surface area contributed by atoms with Gasteiger partial charge in [-0.2, -0.15) is 0 Å². The molecule has 1 amide bonds. The summed E-state index contributed by atoms with van der Waals surface area (Å²) in [5.41, 5.74) is 3.10. The van der Waals surface area contributed by atoms with Crippen molar-refractivity contribution >= 4 is 29.1 Å². The topological polar surface area (TPSA) is 93.2 Å². The zero-order valence-corrected chi connectivity index (χ0v) is 16.5. The van der Waals surface area contributed by atoms with E-state index in [1.165, 1.54) is 18.7 Å². The Labute approximate surface area is 169 Å². The number of hydrogen-bond acceptors (Lipinski definition) is 6. The molecule has 2 aromatic carbocycles. The molecule has 0 saturated heterocycles. The van der Waals surface area contributed by atoms with Crippen molar-refractivity contribution in [2.45, 2.75) is 19.8 Å². The van der Waals surface area contributed by atoms with Gasteiger partial charge in [-0.1, -0.05) is 38.1 Å². The van der Waals surface area contributed by atoms with Crippen molar-refractivity contribution in [2.75, 3.05) is 17.7 Å². The van der Waals surface area contributed by atoms with E-state index in [2.05, 4.69) is 45.5 Å². The fourth-order valence-electron chi connectivity index (χ4n) is 2.81. The Morgan fingerprint density at radius 1 is 0.966 bits per heavy atom. The second kappa shape index (κ2) is 8.97. The van der Waals surface area contributed by atoms with Gasteiger partial charge in [-0.05, 0) is 47.9 Å². The van der Waals surface area contributed by atoms with E-state index in [0.29, 0.717) is 23.0 Å². The van der Waals surface area contributed by atoms with Crippen LogP contribution >= 0.6 is 0 Å². The predicted octanol–water partition coefficient (Wildman–Crippen LogP) is 4.38. The first-order chi connectivity index (χ1) is 14.0. The van der Waals surface area contributed by atoms with Crippen LogP contribution in [-0.4, -0.2) is 29.2 Å². The van der Waals surface area contributed by atoms with Gasteiger partial charge in [-0.25, -0.2) is 4.79 Å². The monoisotopic (exact) mass is 390 g/mol. The standard InChI is InChI=1S/C22H22N4O3/c1-14(2)17-9-4-5-10-18(17)24-20-12-11-19(25-26-20)21(27)23-16-8-6-7-15(13-16)22(28)29-3/h4-14H,1-3H3,(H,23,27)(H,24,26). The predicted molar refractivity (Wildman–Crippen MR) is 112 cm³/mol. The number of esters is 1. The number of nitrogens with zero attached hydrogens (tertiary/aromatic N) is 2. The van der Waals surface area contributed by atoms with Crippen LogP contribution in [0.3, 0.4) is 0 Å². The third-order valence-electron chi connectivity index (χ3n) is 4.28. The number of anilines is 3. The van der Waals surface area contributed by atoms with Crippen molar-refractivity contribution in [3.63, 3.8) is 0 Å². The van der Waals surface area contributed by atoms with E-state index in [1.54, 1.807) is 30.3 Å². The van der Waals surface area contributed by atoms with Crippen LogP contribution in [0.4, 0.5) is 17.2 Å². The van der Waals surface area contributed by atoms with Crippen LogP contribution in [-0.2, 0) is 4.74 Å².